The van der Waals surface area contributed by atoms with E-state index in [0.29, 0.717) is 11.6 Å². The lowest BCUT2D eigenvalue weighted by Gasteiger charge is -2.34. The molecule has 0 bridgehead atoms. The smallest absolute Gasteiger partial charge is 0.257 e. The van der Waals surface area contributed by atoms with E-state index >= 15 is 0 Å². The highest BCUT2D eigenvalue weighted by Crippen LogP contribution is 2.20. The maximum Gasteiger partial charge on any atom is 0.257 e. The number of nitrogens with one attached hydrogen (secondary N) is 1. The quantitative estimate of drug-likeness (QED) is 0.913. The van der Waals surface area contributed by atoms with Crippen LogP contribution in [0.2, 0.25) is 5.02 Å². The van der Waals surface area contributed by atoms with E-state index in [0.717, 1.165) is 32.4 Å². The van der Waals surface area contributed by atoms with Crippen LogP contribution in [-0.2, 0) is 0 Å². The molecule has 1 fully saturated rings. The molecule has 0 atom stereocenters. The van der Waals surface area contributed by atoms with Crippen molar-refractivity contribution in [3.63, 3.8) is 0 Å². The van der Waals surface area contributed by atoms with E-state index < -0.39 is 5.82 Å². The Morgan fingerprint density at radius 1 is 1.43 bits per heavy atom. The van der Waals surface area contributed by atoms with Gasteiger partial charge in [-0.2, -0.15) is 0 Å². The number of carbonyl (C=O) groups excluding carboxylic acids is 1. The molecule has 0 aliphatic carbocycles. The minimum Gasteiger partial charge on any atom is -0.335 e. The van der Waals surface area contributed by atoms with Crippen LogP contribution in [0, 0.1) is 5.82 Å². The van der Waals surface area contributed by atoms with Gasteiger partial charge in [-0.1, -0.05) is 18.5 Å². The summed E-state index contributed by atoms with van der Waals surface area (Å²) >= 11 is 5.74. The standard InChI is InChI=1S/C15H20ClFN2O.ClH/c1-2-9-19(12-5-7-18-8-6-12)15(20)13-4-3-11(16)10-14(13)17;/h3-4,10,12,18H,2,5-9H2,1H3;1H. The molecule has 1 aromatic carbocycles. The summed E-state index contributed by atoms with van der Waals surface area (Å²) in [5, 5.41) is 3.59. The highest BCUT2D eigenvalue weighted by molar-refractivity contribution is 6.30. The summed E-state index contributed by atoms with van der Waals surface area (Å²) in [6.45, 7) is 4.49. The molecule has 118 valence electrons. The summed E-state index contributed by atoms with van der Waals surface area (Å²) in [6.07, 6.45) is 2.70. The zero-order valence-corrected chi connectivity index (χ0v) is 13.6. The Labute approximate surface area is 136 Å². The minimum atomic E-state index is -0.544. The molecule has 0 unspecified atom stereocenters. The topological polar surface area (TPSA) is 32.3 Å². The van der Waals surface area contributed by atoms with Gasteiger partial charge in [0.05, 0.1) is 5.56 Å². The van der Waals surface area contributed by atoms with Crippen molar-refractivity contribution in [2.75, 3.05) is 19.6 Å². The van der Waals surface area contributed by atoms with E-state index in [-0.39, 0.29) is 29.9 Å². The normalized spacial score (nSPS) is 15.4. The van der Waals surface area contributed by atoms with Gasteiger partial charge in [-0.3, -0.25) is 4.79 Å². The number of hydrogen-bond donors (Lipinski definition) is 1. The number of amides is 1. The van der Waals surface area contributed by atoms with Crippen LogP contribution in [0.3, 0.4) is 0 Å². The van der Waals surface area contributed by atoms with Gasteiger partial charge >= 0.3 is 0 Å². The first kappa shape index (κ1) is 18.2. The average Bonchev–Trinajstić information content (AvgIpc) is 2.45. The third-order valence-electron chi connectivity index (χ3n) is 3.64. The third kappa shape index (κ3) is 4.56. The second kappa shape index (κ2) is 8.57. The number of benzene rings is 1. The summed E-state index contributed by atoms with van der Waals surface area (Å²) in [6, 6.07) is 4.42. The molecule has 2 rings (SSSR count). The van der Waals surface area contributed by atoms with Crippen LogP contribution in [0.15, 0.2) is 18.2 Å². The van der Waals surface area contributed by atoms with Crippen molar-refractivity contribution < 1.29 is 9.18 Å². The van der Waals surface area contributed by atoms with Gasteiger partial charge in [0.25, 0.3) is 5.91 Å². The lowest BCUT2D eigenvalue weighted by atomic mass is 10.0. The molecule has 0 radical (unpaired) electrons. The first-order chi connectivity index (χ1) is 9.63. The molecule has 1 heterocycles. The molecule has 1 aliphatic rings. The maximum absolute atomic E-state index is 13.9. The molecule has 1 aliphatic heterocycles. The van der Waals surface area contributed by atoms with E-state index in [1.165, 1.54) is 12.1 Å². The molecule has 0 aromatic heterocycles. The van der Waals surface area contributed by atoms with Gasteiger partial charge < -0.3 is 10.2 Å². The Morgan fingerprint density at radius 3 is 2.67 bits per heavy atom. The Balaban J connectivity index is 0.00000220. The monoisotopic (exact) mass is 334 g/mol. The summed E-state index contributed by atoms with van der Waals surface area (Å²) < 4.78 is 13.9. The highest BCUT2D eigenvalue weighted by Gasteiger charge is 2.27. The van der Waals surface area contributed by atoms with Crippen LogP contribution in [0.25, 0.3) is 0 Å². The number of nitrogens with zero attached hydrogens (tertiary/aromatic N) is 1. The minimum absolute atomic E-state index is 0. The number of halogens is 3. The lowest BCUT2D eigenvalue weighted by Crippen LogP contribution is -2.46. The summed E-state index contributed by atoms with van der Waals surface area (Å²) in [5.74, 6) is -0.773. The van der Waals surface area contributed by atoms with Crippen molar-refractivity contribution >= 4 is 29.9 Å². The SMILES string of the molecule is CCCN(C(=O)c1ccc(Cl)cc1F)C1CCNCC1.Cl. The van der Waals surface area contributed by atoms with Crippen LogP contribution in [-0.4, -0.2) is 36.5 Å². The first-order valence-corrected chi connectivity index (χ1v) is 7.48. The Morgan fingerprint density at radius 2 is 2.10 bits per heavy atom. The van der Waals surface area contributed by atoms with Crippen molar-refractivity contribution in [3.05, 3.63) is 34.6 Å². The predicted molar refractivity (Wildman–Crippen MR) is 85.9 cm³/mol. The van der Waals surface area contributed by atoms with Crippen LogP contribution >= 0.6 is 24.0 Å². The molecule has 1 amide bonds. The summed E-state index contributed by atoms with van der Waals surface area (Å²) in [4.78, 5) is 14.4. The first-order valence-electron chi connectivity index (χ1n) is 7.10. The largest absolute Gasteiger partial charge is 0.335 e. The molecular weight excluding hydrogens is 314 g/mol. The molecule has 0 saturated carbocycles. The Bertz CT molecular complexity index is 479. The van der Waals surface area contributed by atoms with Gasteiger partial charge in [0.15, 0.2) is 0 Å². The fourth-order valence-electron chi connectivity index (χ4n) is 2.63. The molecule has 6 heteroatoms. The van der Waals surface area contributed by atoms with Crippen LogP contribution in [0.5, 0.6) is 0 Å². The fraction of sp³-hybridized carbons (Fsp3) is 0.533. The predicted octanol–water partition coefficient (Wildman–Crippen LogP) is 3.51. The van der Waals surface area contributed by atoms with Crippen LogP contribution < -0.4 is 5.32 Å². The Hall–Kier alpha value is -0.840. The number of rotatable bonds is 4. The average molecular weight is 335 g/mol. The zero-order chi connectivity index (χ0) is 14.5. The molecule has 1 aromatic rings. The summed E-state index contributed by atoms with van der Waals surface area (Å²) in [7, 11) is 0. The van der Waals surface area contributed by atoms with Gasteiger partial charge in [-0.05, 0) is 50.6 Å². The van der Waals surface area contributed by atoms with Gasteiger partial charge in [-0.15, -0.1) is 12.4 Å². The second-order valence-electron chi connectivity index (χ2n) is 5.10. The zero-order valence-electron chi connectivity index (χ0n) is 12.1. The van der Waals surface area contributed by atoms with Crippen LogP contribution in [0.4, 0.5) is 4.39 Å². The molecular formula is C15H21Cl2FN2O. The number of piperidine rings is 1. The molecule has 3 nitrogen and oxygen atoms in total. The highest BCUT2D eigenvalue weighted by atomic mass is 35.5. The third-order valence-corrected chi connectivity index (χ3v) is 3.87. The fourth-order valence-corrected chi connectivity index (χ4v) is 2.79. The molecule has 1 saturated heterocycles. The second-order valence-corrected chi connectivity index (χ2v) is 5.54. The van der Waals surface area contributed by atoms with E-state index in [1.54, 1.807) is 6.07 Å². The molecule has 1 N–H and O–H groups in total. The van der Waals surface area contributed by atoms with E-state index in [4.69, 9.17) is 11.6 Å². The van der Waals surface area contributed by atoms with E-state index in [1.807, 2.05) is 11.8 Å². The van der Waals surface area contributed by atoms with E-state index in [2.05, 4.69) is 5.32 Å². The van der Waals surface area contributed by atoms with Crippen molar-refractivity contribution in [2.45, 2.75) is 32.2 Å². The lowest BCUT2D eigenvalue weighted by molar-refractivity contribution is 0.0638. The van der Waals surface area contributed by atoms with Crippen molar-refractivity contribution in [2.24, 2.45) is 0 Å². The molecule has 21 heavy (non-hydrogen) atoms. The van der Waals surface area contributed by atoms with Crippen molar-refractivity contribution in [1.29, 1.82) is 0 Å². The maximum atomic E-state index is 13.9. The number of carbonyl (C=O) groups is 1. The number of hydrogen-bond acceptors (Lipinski definition) is 2. The van der Waals surface area contributed by atoms with Gasteiger partial charge in [0, 0.05) is 17.6 Å². The van der Waals surface area contributed by atoms with E-state index in [9.17, 15) is 9.18 Å². The molecule has 0 spiro atoms. The summed E-state index contributed by atoms with van der Waals surface area (Å²) in [5.41, 5.74) is 0.112. The van der Waals surface area contributed by atoms with Crippen molar-refractivity contribution in [3.8, 4) is 0 Å². The Kier molecular flexibility index (Phi) is 7.43. The van der Waals surface area contributed by atoms with Crippen LogP contribution in [0.1, 0.15) is 36.5 Å². The van der Waals surface area contributed by atoms with Gasteiger partial charge in [0.1, 0.15) is 5.82 Å². The van der Waals surface area contributed by atoms with Crippen molar-refractivity contribution in [1.82, 2.24) is 10.2 Å². The van der Waals surface area contributed by atoms with Gasteiger partial charge in [0.2, 0.25) is 0 Å². The van der Waals surface area contributed by atoms with Gasteiger partial charge in [-0.25, -0.2) is 4.39 Å².